The van der Waals surface area contributed by atoms with Crippen LogP contribution in [0.25, 0.3) is 0 Å². The third-order valence-corrected chi connectivity index (χ3v) is 5.24. The number of Topliss-reactive ketones (excluding diaryl/α,β-unsaturated/α-hetero) is 2. The fourth-order valence-corrected chi connectivity index (χ4v) is 3.54. The predicted octanol–water partition coefficient (Wildman–Crippen LogP) is 5.08. The summed E-state index contributed by atoms with van der Waals surface area (Å²) in [4.78, 5) is 35.4. The Hall–Kier alpha value is -3.35. The lowest BCUT2D eigenvalue weighted by Gasteiger charge is -2.21. The summed E-state index contributed by atoms with van der Waals surface area (Å²) in [6.07, 6.45) is 1.70. The summed E-state index contributed by atoms with van der Waals surface area (Å²) in [6, 6.07) is 9.97. The number of carboxylic acids is 1. The van der Waals surface area contributed by atoms with Gasteiger partial charge in [0, 0.05) is 23.0 Å². The van der Waals surface area contributed by atoms with E-state index in [2.05, 4.69) is 0 Å². The maximum absolute atomic E-state index is 12.7. The van der Waals surface area contributed by atoms with Crippen LogP contribution in [0.15, 0.2) is 36.4 Å². The van der Waals surface area contributed by atoms with Gasteiger partial charge in [-0.3, -0.25) is 14.4 Å². The van der Waals surface area contributed by atoms with E-state index in [1.807, 2.05) is 6.92 Å². The first-order valence-electron chi connectivity index (χ1n) is 11.0. The molecule has 7 nitrogen and oxygen atoms in total. The highest BCUT2D eigenvalue weighted by molar-refractivity contribution is 6.02. The van der Waals surface area contributed by atoms with Gasteiger partial charge in [0.25, 0.3) is 0 Å². The van der Waals surface area contributed by atoms with Crippen molar-refractivity contribution in [1.82, 2.24) is 0 Å². The quantitative estimate of drug-likeness (QED) is 0.319. The minimum Gasteiger partial charge on any atom is -0.507 e. The van der Waals surface area contributed by atoms with Crippen molar-refractivity contribution in [2.24, 2.45) is 5.41 Å². The molecule has 0 fully saturated rings. The Morgan fingerprint density at radius 2 is 1.73 bits per heavy atom. The van der Waals surface area contributed by atoms with Crippen LogP contribution in [-0.4, -0.2) is 41.0 Å². The van der Waals surface area contributed by atoms with Crippen molar-refractivity contribution >= 4 is 17.5 Å². The summed E-state index contributed by atoms with van der Waals surface area (Å²) >= 11 is 0. The molecule has 2 aromatic carbocycles. The number of ketones is 2. The van der Waals surface area contributed by atoms with Gasteiger partial charge >= 0.3 is 5.97 Å². The average Bonchev–Trinajstić information content (AvgIpc) is 2.74. The summed E-state index contributed by atoms with van der Waals surface area (Å²) < 4.78 is 11.6. The van der Waals surface area contributed by atoms with Crippen LogP contribution in [0.1, 0.15) is 73.2 Å². The van der Waals surface area contributed by atoms with Crippen LogP contribution < -0.4 is 9.47 Å². The number of hydrogen-bond donors (Lipinski definition) is 2. The molecule has 2 rings (SSSR count). The number of ether oxygens (including phenoxy) is 2. The number of carbonyl (C=O) groups is 3. The number of hydrogen-bond acceptors (Lipinski definition) is 6. The molecule has 0 aliphatic heterocycles. The maximum atomic E-state index is 12.7. The molecule has 0 bridgehead atoms. The lowest BCUT2D eigenvalue weighted by Crippen LogP contribution is -2.27. The lowest BCUT2D eigenvalue weighted by molar-refractivity contribution is -0.138. The van der Waals surface area contributed by atoms with E-state index in [1.54, 1.807) is 50.2 Å². The Bertz CT molecular complexity index is 1010. The van der Waals surface area contributed by atoms with Crippen molar-refractivity contribution in [2.45, 2.75) is 53.4 Å². The van der Waals surface area contributed by atoms with Gasteiger partial charge in [-0.2, -0.15) is 0 Å². The van der Waals surface area contributed by atoms with Gasteiger partial charge in [-0.1, -0.05) is 39.3 Å². The molecular formula is C26H32O7. The van der Waals surface area contributed by atoms with E-state index >= 15 is 0 Å². The zero-order chi connectivity index (χ0) is 24.6. The Kier molecular flexibility index (Phi) is 9.02. The van der Waals surface area contributed by atoms with E-state index in [0.717, 1.165) is 6.42 Å². The second kappa shape index (κ2) is 11.5. The highest BCUT2D eigenvalue weighted by Gasteiger charge is 2.31. The van der Waals surface area contributed by atoms with E-state index in [9.17, 15) is 19.5 Å². The van der Waals surface area contributed by atoms with Crippen molar-refractivity contribution in [3.63, 3.8) is 0 Å². The number of phenols is 1. The van der Waals surface area contributed by atoms with E-state index in [0.29, 0.717) is 48.7 Å². The third kappa shape index (κ3) is 7.07. The van der Waals surface area contributed by atoms with Crippen LogP contribution in [0, 0.1) is 5.41 Å². The lowest BCUT2D eigenvalue weighted by atomic mass is 9.81. The van der Waals surface area contributed by atoms with Crippen LogP contribution in [0.3, 0.4) is 0 Å². The molecule has 0 heterocycles. The molecule has 0 spiro atoms. The Morgan fingerprint density at radius 3 is 2.36 bits per heavy atom. The van der Waals surface area contributed by atoms with E-state index in [1.165, 1.54) is 6.92 Å². The Balaban J connectivity index is 1.94. The summed E-state index contributed by atoms with van der Waals surface area (Å²) in [6.45, 7) is 7.32. The first-order chi connectivity index (χ1) is 15.6. The topological polar surface area (TPSA) is 110 Å². The third-order valence-electron chi connectivity index (χ3n) is 5.24. The molecular weight excluding hydrogens is 424 g/mol. The molecule has 7 heteroatoms. The summed E-state index contributed by atoms with van der Waals surface area (Å²) in [5, 5.41) is 19.4. The molecule has 0 saturated carbocycles. The van der Waals surface area contributed by atoms with Crippen molar-refractivity contribution in [2.75, 3.05) is 13.2 Å². The fraction of sp³-hybridized carbons (Fsp3) is 0.423. The molecule has 0 atom stereocenters. The molecule has 2 aromatic rings. The molecule has 2 N–H and O–H groups in total. The number of aliphatic carboxylic acids is 1. The standard InChI is InChI=1S/C26H32O7/c1-5-8-21-22(12-11-20(17(2)27)24(21)30)33-14-7-13-32-19-10-6-9-18(15-19)25(31)26(3,4)16-23(28)29/h6,9-12,15,30H,5,7-8,13-14,16H2,1-4H3,(H,28,29). The number of benzene rings is 2. The molecule has 0 aliphatic carbocycles. The van der Waals surface area contributed by atoms with Crippen LogP contribution >= 0.6 is 0 Å². The molecule has 0 saturated heterocycles. The Labute approximate surface area is 194 Å². The van der Waals surface area contributed by atoms with Gasteiger partial charge in [0.2, 0.25) is 0 Å². The molecule has 0 aromatic heterocycles. The minimum absolute atomic E-state index is 0.0228. The van der Waals surface area contributed by atoms with Crippen LogP contribution in [0.4, 0.5) is 0 Å². The number of rotatable bonds is 13. The normalized spacial score (nSPS) is 11.2. The largest absolute Gasteiger partial charge is 0.507 e. The molecule has 178 valence electrons. The number of carboxylic acid groups (broad SMARTS) is 1. The van der Waals surface area contributed by atoms with Gasteiger partial charge in [0.15, 0.2) is 11.6 Å². The fourth-order valence-electron chi connectivity index (χ4n) is 3.54. The Morgan fingerprint density at radius 1 is 1.03 bits per heavy atom. The van der Waals surface area contributed by atoms with Gasteiger partial charge < -0.3 is 19.7 Å². The zero-order valence-electron chi connectivity index (χ0n) is 19.6. The van der Waals surface area contributed by atoms with Gasteiger partial charge in [-0.25, -0.2) is 0 Å². The molecule has 0 aliphatic rings. The second-order valence-corrected chi connectivity index (χ2v) is 8.61. The number of carbonyl (C=O) groups excluding carboxylic acids is 2. The van der Waals surface area contributed by atoms with Crippen LogP contribution in [-0.2, 0) is 11.2 Å². The van der Waals surface area contributed by atoms with E-state index in [-0.39, 0.29) is 29.3 Å². The molecule has 0 amide bonds. The molecule has 0 unspecified atom stereocenters. The van der Waals surface area contributed by atoms with E-state index < -0.39 is 11.4 Å². The van der Waals surface area contributed by atoms with Crippen molar-refractivity contribution < 1.29 is 34.1 Å². The molecule has 0 radical (unpaired) electrons. The zero-order valence-corrected chi connectivity index (χ0v) is 19.6. The first kappa shape index (κ1) is 25.9. The monoisotopic (exact) mass is 456 g/mol. The number of aromatic hydroxyl groups is 1. The van der Waals surface area contributed by atoms with Crippen molar-refractivity contribution in [3.8, 4) is 17.2 Å². The van der Waals surface area contributed by atoms with E-state index in [4.69, 9.17) is 14.6 Å². The average molecular weight is 457 g/mol. The van der Waals surface area contributed by atoms with Crippen LogP contribution in [0.5, 0.6) is 17.2 Å². The highest BCUT2D eigenvalue weighted by Crippen LogP contribution is 2.33. The molecule has 33 heavy (non-hydrogen) atoms. The van der Waals surface area contributed by atoms with Gasteiger partial charge in [-0.05, 0) is 37.6 Å². The summed E-state index contributed by atoms with van der Waals surface area (Å²) in [5.74, 6) is -0.431. The predicted molar refractivity (Wildman–Crippen MR) is 125 cm³/mol. The number of phenolic OH excluding ortho intramolecular Hbond substituents is 1. The summed E-state index contributed by atoms with van der Waals surface area (Å²) in [5.41, 5.74) is 0.300. The SMILES string of the molecule is CCCc1c(OCCCOc2cccc(C(=O)C(C)(C)CC(=O)O)c2)ccc(C(C)=O)c1O. The minimum atomic E-state index is -1.02. The smallest absolute Gasteiger partial charge is 0.304 e. The van der Waals surface area contributed by atoms with Crippen molar-refractivity contribution in [1.29, 1.82) is 0 Å². The van der Waals surface area contributed by atoms with Crippen LogP contribution in [0.2, 0.25) is 0 Å². The van der Waals surface area contributed by atoms with Crippen molar-refractivity contribution in [3.05, 3.63) is 53.1 Å². The highest BCUT2D eigenvalue weighted by atomic mass is 16.5. The van der Waals surface area contributed by atoms with Gasteiger partial charge in [-0.15, -0.1) is 0 Å². The second-order valence-electron chi connectivity index (χ2n) is 8.61. The first-order valence-corrected chi connectivity index (χ1v) is 11.0. The van der Waals surface area contributed by atoms with Gasteiger partial charge in [0.05, 0.1) is 25.2 Å². The maximum Gasteiger partial charge on any atom is 0.304 e. The van der Waals surface area contributed by atoms with Gasteiger partial charge in [0.1, 0.15) is 17.2 Å². The summed E-state index contributed by atoms with van der Waals surface area (Å²) in [7, 11) is 0.